The molecule has 2 heterocycles. The minimum absolute atomic E-state index is 0.175. The summed E-state index contributed by atoms with van der Waals surface area (Å²) >= 11 is 6.36. The van der Waals surface area contributed by atoms with E-state index in [9.17, 15) is 9.59 Å². The molecule has 42 heavy (non-hydrogen) atoms. The summed E-state index contributed by atoms with van der Waals surface area (Å²) < 4.78 is 0. The predicted molar refractivity (Wildman–Crippen MR) is 173 cm³/mol. The van der Waals surface area contributed by atoms with Crippen molar-refractivity contribution in [1.29, 1.82) is 0 Å². The number of aromatic nitrogens is 3. The van der Waals surface area contributed by atoms with Crippen LogP contribution in [0.3, 0.4) is 0 Å². The largest absolute Gasteiger partial charge is 0.360 e. The van der Waals surface area contributed by atoms with E-state index in [1.165, 1.54) is 45.2 Å². The van der Waals surface area contributed by atoms with Crippen molar-refractivity contribution in [3.05, 3.63) is 83.7 Å². The van der Waals surface area contributed by atoms with Gasteiger partial charge in [0.05, 0.1) is 16.9 Å². The molecule has 0 atom stereocenters. The smallest absolute Gasteiger partial charge is 0.248 e. The standard InChI is InChI=1S/C18H19ClN4.C13H16N2O2.CH5N/c19-15-11-21-18(22-12-6-2-1-3-7-12)23-17(15)14-10-20-16-9-5-4-8-13(14)16;1-15(2)9-3-4-13(17)14-12-7-5-11(10-16)6-8-12;1-2/h4-5,8-12,20H,1-3,6-7H2,(H,21,22,23);3-8,10H,9H2,1-2H3,(H,14,17);2H2,1H3/b;4-3+;. The summed E-state index contributed by atoms with van der Waals surface area (Å²) in [6.07, 6.45) is 14.0. The lowest BCUT2D eigenvalue weighted by atomic mass is 9.96. The molecule has 1 amide bonds. The lowest BCUT2D eigenvalue weighted by Crippen LogP contribution is -2.23. The third-order valence-electron chi connectivity index (χ3n) is 6.58. The van der Waals surface area contributed by atoms with Crippen molar-refractivity contribution in [3.8, 4) is 11.3 Å². The Morgan fingerprint density at radius 3 is 2.50 bits per heavy atom. The first-order chi connectivity index (χ1) is 20.4. The summed E-state index contributed by atoms with van der Waals surface area (Å²) in [6.45, 7) is 0.720. The Hall–Kier alpha value is -4.05. The molecule has 4 aromatic rings. The third-order valence-corrected chi connectivity index (χ3v) is 6.86. The van der Waals surface area contributed by atoms with E-state index in [0.717, 1.165) is 35.0 Å². The van der Waals surface area contributed by atoms with Gasteiger partial charge < -0.3 is 26.3 Å². The zero-order valence-electron chi connectivity index (χ0n) is 24.4. The Labute approximate surface area is 252 Å². The maximum Gasteiger partial charge on any atom is 0.248 e. The fourth-order valence-electron chi connectivity index (χ4n) is 4.52. The van der Waals surface area contributed by atoms with Crippen molar-refractivity contribution in [2.24, 2.45) is 5.73 Å². The van der Waals surface area contributed by atoms with E-state index in [4.69, 9.17) is 11.6 Å². The van der Waals surface area contributed by atoms with Gasteiger partial charge in [-0.15, -0.1) is 0 Å². The van der Waals surface area contributed by atoms with Crippen LogP contribution in [0.25, 0.3) is 22.2 Å². The maximum absolute atomic E-state index is 11.5. The molecule has 0 bridgehead atoms. The summed E-state index contributed by atoms with van der Waals surface area (Å²) in [5.74, 6) is 0.493. The van der Waals surface area contributed by atoms with Crippen LogP contribution in [0.2, 0.25) is 5.02 Å². The second-order valence-electron chi connectivity index (χ2n) is 10.0. The second kappa shape index (κ2) is 17.0. The molecule has 10 heteroatoms. The van der Waals surface area contributed by atoms with Gasteiger partial charge in [-0.3, -0.25) is 9.59 Å². The number of fused-ring (bicyclic) bond motifs is 1. The SMILES string of the molecule is CN.CN(C)C/C=C/C(=O)Nc1ccc(C=O)cc1.Clc1cnc(NC2CCCCC2)nc1-c1c[nH]c2ccccc12. The monoisotopic (exact) mass is 589 g/mol. The van der Waals surface area contributed by atoms with E-state index in [0.29, 0.717) is 28.3 Å². The van der Waals surface area contributed by atoms with Crippen molar-refractivity contribution in [1.82, 2.24) is 19.9 Å². The van der Waals surface area contributed by atoms with Gasteiger partial charge in [-0.25, -0.2) is 9.97 Å². The molecule has 0 saturated heterocycles. The molecule has 0 spiro atoms. The number of likely N-dealkylation sites (N-methyl/N-ethyl adjacent to an activating group) is 1. The number of carbonyl (C=O) groups excluding carboxylic acids is 2. The fraction of sp³-hybridized carbons (Fsp3) is 0.312. The van der Waals surface area contributed by atoms with Gasteiger partial charge in [-0.05, 0) is 64.3 Å². The van der Waals surface area contributed by atoms with Crippen LogP contribution in [0.15, 0.2) is 73.1 Å². The topological polar surface area (TPSA) is 129 Å². The average Bonchev–Trinajstić information content (AvgIpc) is 3.44. The molecule has 5 N–H and O–H groups in total. The molecule has 0 unspecified atom stereocenters. The molecule has 5 rings (SSSR count). The number of nitrogens with two attached hydrogens (primary N) is 1. The highest BCUT2D eigenvalue weighted by molar-refractivity contribution is 6.33. The summed E-state index contributed by atoms with van der Waals surface area (Å²) in [4.78, 5) is 36.2. The average molecular weight is 590 g/mol. The summed E-state index contributed by atoms with van der Waals surface area (Å²) in [6, 6.07) is 15.3. The van der Waals surface area contributed by atoms with Gasteiger partial charge in [0.25, 0.3) is 0 Å². The second-order valence-corrected chi connectivity index (χ2v) is 10.4. The van der Waals surface area contributed by atoms with Crippen molar-refractivity contribution in [3.63, 3.8) is 0 Å². The van der Waals surface area contributed by atoms with Gasteiger partial charge in [0.1, 0.15) is 6.29 Å². The number of rotatable bonds is 8. The van der Waals surface area contributed by atoms with E-state index >= 15 is 0 Å². The molecule has 9 nitrogen and oxygen atoms in total. The molecule has 1 saturated carbocycles. The van der Waals surface area contributed by atoms with Crippen molar-refractivity contribution < 1.29 is 9.59 Å². The molecule has 1 aliphatic rings. The number of anilines is 2. The summed E-state index contributed by atoms with van der Waals surface area (Å²) in [5, 5.41) is 7.87. The number of amides is 1. The number of hydrogen-bond acceptors (Lipinski definition) is 7. The maximum atomic E-state index is 11.5. The Balaban J connectivity index is 0.000000228. The number of hydrogen-bond donors (Lipinski definition) is 4. The van der Waals surface area contributed by atoms with Gasteiger partial charge in [0.15, 0.2) is 0 Å². The molecular weight excluding hydrogens is 550 g/mol. The Morgan fingerprint density at radius 2 is 1.81 bits per heavy atom. The molecular formula is C32H40ClN7O2. The Bertz CT molecular complexity index is 1450. The fourth-order valence-corrected chi connectivity index (χ4v) is 4.71. The summed E-state index contributed by atoms with van der Waals surface area (Å²) in [7, 11) is 5.36. The minimum atomic E-state index is -0.175. The van der Waals surface area contributed by atoms with E-state index in [2.05, 4.69) is 43.5 Å². The molecule has 2 aromatic carbocycles. The normalized spacial score (nSPS) is 13.2. The highest BCUT2D eigenvalue weighted by atomic mass is 35.5. The first kappa shape index (κ1) is 32.5. The van der Waals surface area contributed by atoms with E-state index in [1.807, 2.05) is 37.3 Å². The Morgan fingerprint density at radius 1 is 1.10 bits per heavy atom. The zero-order chi connectivity index (χ0) is 30.3. The van der Waals surface area contributed by atoms with Crippen LogP contribution < -0.4 is 16.4 Å². The lowest BCUT2D eigenvalue weighted by molar-refractivity contribution is -0.111. The number of benzene rings is 2. The van der Waals surface area contributed by atoms with Crippen molar-refractivity contribution >= 4 is 46.3 Å². The highest BCUT2D eigenvalue weighted by Crippen LogP contribution is 2.32. The molecule has 222 valence electrons. The van der Waals surface area contributed by atoms with Crippen molar-refractivity contribution in [2.45, 2.75) is 38.1 Å². The van der Waals surface area contributed by atoms with E-state index in [-0.39, 0.29) is 5.91 Å². The number of aldehydes is 1. The van der Waals surface area contributed by atoms with Crippen LogP contribution in [0, 0.1) is 0 Å². The minimum Gasteiger partial charge on any atom is -0.360 e. The number of nitrogens with zero attached hydrogens (tertiary/aromatic N) is 3. The van der Waals surface area contributed by atoms with Crippen LogP contribution in [0.5, 0.6) is 0 Å². The van der Waals surface area contributed by atoms with Gasteiger partial charge in [-0.2, -0.15) is 0 Å². The van der Waals surface area contributed by atoms with Gasteiger partial charge in [-0.1, -0.05) is 55.1 Å². The number of nitrogens with one attached hydrogen (secondary N) is 3. The number of para-hydroxylation sites is 1. The zero-order valence-corrected chi connectivity index (χ0v) is 25.2. The van der Waals surface area contributed by atoms with Crippen LogP contribution in [-0.2, 0) is 4.79 Å². The first-order valence-electron chi connectivity index (χ1n) is 14.0. The quantitative estimate of drug-likeness (QED) is 0.143. The van der Waals surface area contributed by atoms with Gasteiger partial charge in [0.2, 0.25) is 11.9 Å². The molecule has 0 radical (unpaired) electrons. The predicted octanol–water partition coefficient (Wildman–Crippen LogP) is 6.15. The molecule has 1 aliphatic carbocycles. The lowest BCUT2D eigenvalue weighted by Gasteiger charge is -2.22. The highest BCUT2D eigenvalue weighted by Gasteiger charge is 2.17. The Kier molecular flexibility index (Phi) is 13.2. The molecule has 0 aliphatic heterocycles. The van der Waals surface area contributed by atoms with E-state index in [1.54, 1.807) is 36.5 Å². The van der Waals surface area contributed by atoms with Gasteiger partial charge >= 0.3 is 0 Å². The molecule has 2 aromatic heterocycles. The van der Waals surface area contributed by atoms with Crippen LogP contribution in [0.1, 0.15) is 42.5 Å². The van der Waals surface area contributed by atoms with E-state index < -0.39 is 0 Å². The first-order valence-corrected chi connectivity index (χ1v) is 14.4. The number of carbonyl (C=O) groups is 2. The van der Waals surface area contributed by atoms with Gasteiger partial charge in [0, 0.05) is 52.6 Å². The summed E-state index contributed by atoms with van der Waals surface area (Å²) in [5.41, 5.74) is 8.64. The van der Waals surface area contributed by atoms with Crippen LogP contribution >= 0.6 is 11.6 Å². The third kappa shape index (κ3) is 9.80. The van der Waals surface area contributed by atoms with Crippen LogP contribution in [-0.4, -0.2) is 65.8 Å². The van der Waals surface area contributed by atoms with Crippen molar-refractivity contribution in [2.75, 3.05) is 38.3 Å². The number of halogens is 1. The molecule has 1 fully saturated rings. The number of aromatic amines is 1. The number of H-pyrrole nitrogens is 1. The van der Waals surface area contributed by atoms with Crippen LogP contribution in [0.4, 0.5) is 11.6 Å².